The van der Waals surface area contributed by atoms with E-state index in [2.05, 4.69) is 27.2 Å². The average molecular weight is 227 g/mol. The third kappa shape index (κ3) is 2.66. The minimum atomic E-state index is 0.121. The Bertz CT molecular complexity index is 381. The van der Waals surface area contributed by atoms with E-state index < -0.39 is 0 Å². The van der Waals surface area contributed by atoms with Crippen molar-refractivity contribution in [3.8, 4) is 0 Å². The fourth-order valence-corrected chi connectivity index (χ4v) is 1.18. The molecule has 15 heavy (non-hydrogen) atoms. The molecule has 0 saturated carbocycles. The molecular formula is C9H11ClN4O. The second-order valence-electron chi connectivity index (χ2n) is 2.64. The highest BCUT2D eigenvalue weighted by molar-refractivity contribution is 6.32. The van der Waals surface area contributed by atoms with Crippen molar-refractivity contribution in [2.75, 3.05) is 24.2 Å². The molecule has 0 aliphatic rings. The van der Waals surface area contributed by atoms with E-state index in [0.29, 0.717) is 24.6 Å². The van der Waals surface area contributed by atoms with Gasteiger partial charge in [-0.05, 0) is 0 Å². The van der Waals surface area contributed by atoms with Gasteiger partial charge in [0.1, 0.15) is 11.0 Å². The largest absolute Gasteiger partial charge is 0.366 e. The Labute approximate surface area is 92.6 Å². The first-order valence-corrected chi connectivity index (χ1v) is 4.66. The maximum Gasteiger partial charge on any atom is 0.225 e. The molecule has 1 rings (SSSR count). The minimum Gasteiger partial charge on any atom is -0.366 e. The zero-order valence-corrected chi connectivity index (χ0v) is 9.01. The number of rotatable bonds is 5. The Kier molecular flexibility index (Phi) is 4.05. The molecule has 0 atom stereocenters. The van der Waals surface area contributed by atoms with Gasteiger partial charge in [-0.15, -0.1) is 6.58 Å². The molecule has 0 saturated heterocycles. The van der Waals surface area contributed by atoms with Gasteiger partial charge < -0.3 is 10.6 Å². The SMILES string of the molecule is C=CCNc1nc(NC)nc(Cl)c1C=O. The van der Waals surface area contributed by atoms with Crippen LogP contribution in [-0.2, 0) is 0 Å². The van der Waals surface area contributed by atoms with Gasteiger partial charge in [0.25, 0.3) is 0 Å². The lowest BCUT2D eigenvalue weighted by Gasteiger charge is -2.08. The molecule has 0 unspecified atom stereocenters. The molecular weight excluding hydrogens is 216 g/mol. The van der Waals surface area contributed by atoms with Gasteiger partial charge in [0.15, 0.2) is 6.29 Å². The number of aromatic nitrogens is 2. The van der Waals surface area contributed by atoms with Gasteiger partial charge in [0, 0.05) is 13.6 Å². The van der Waals surface area contributed by atoms with Crippen molar-refractivity contribution in [3.63, 3.8) is 0 Å². The van der Waals surface area contributed by atoms with E-state index >= 15 is 0 Å². The summed E-state index contributed by atoms with van der Waals surface area (Å²) in [5.41, 5.74) is 0.248. The summed E-state index contributed by atoms with van der Waals surface area (Å²) in [6.45, 7) is 4.05. The van der Waals surface area contributed by atoms with Gasteiger partial charge in [-0.3, -0.25) is 4.79 Å². The van der Waals surface area contributed by atoms with E-state index in [4.69, 9.17) is 11.6 Å². The Morgan fingerprint density at radius 3 is 2.80 bits per heavy atom. The summed E-state index contributed by atoms with van der Waals surface area (Å²) in [5.74, 6) is 0.756. The zero-order valence-electron chi connectivity index (χ0n) is 8.25. The number of halogens is 1. The van der Waals surface area contributed by atoms with Crippen LogP contribution in [0.25, 0.3) is 0 Å². The van der Waals surface area contributed by atoms with Crippen molar-refractivity contribution in [2.24, 2.45) is 0 Å². The first-order valence-electron chi connectivity index (χ1n) is 4.28. The number of carbonyl (C=O) groups excluding carboxylic acids is 1. The molecule has 1 heterocycles. The Balaban J connectivity index is 3.12. The Morgan fingerprint density at radius 1 is 1.53 bits per heavy atom. The van der Waals surface area contributed by atoms with Crippen molar-refractivity contribution in [2.45, 2.75) is 0 Å². The summed E-state index contributed by atoms with van der Waals surface area (Å²) in [6.07, 6.45) is 2.27. The summed E-state index contributed by atoms with van der Waals surface area (Å²) in [5, 5.41) is 5.77. The number of hydrogen-bond acceptors (Lipinski definition) is 5. The second-order valence-corrected chi connectivity index (χ2v) is 3.00. The maximum atomic E-state index is 10.8. The van der Waals surface area contributed by atoms with E-state index in [-0.39, 0.29) is 10.7 Å². The normalized spacial score (nSPS) is 9.47. The summed E-state index contributed by atoms with van der Waals surface area (Å²) < 4.78 is 0. The highest BCUT2D eigenvalue weighted by Crippen LogP contribution is 2.20. The molecule has 0 aliphatic heterocycles. The van der Waals surface area contributed by atoms with Gasteiger partial charge in [-0.25, -0.2) is 4.98 Å². The van der Waals surface area contributed by atoms with Crippen molar-refractivity contribution in [3.05, 3.63) is 23.4 Å². The molecule has 0 radical (unpaired) electrons. The van der Waals surface area contributed by atoms with E-state index in [0.717, 1.165) is 0 Å². The third-order valence-corrected chi connectivity index (χ3v) is 1.94. The fourth-order valence-electron chi connectivity index (χ4n) is 0.962. The van der Waals surface area contributed by atoms with Gasteiger partial charge in [-0.1, -0.05) is 17.7 Å². The third-order valence-electron chi connectivity index (χ3n) is 1.65. The lowest BCUT2D eigenvalue weighted by atomic mass is 10.3. The van der Waals surface area contributed by atoms with E-state index in [1.807, 2.05) is 0 Å². The van der Waals surface area contributed by atoms with E-state index in [1.165, 1.54) is 0 Å². The van der Waals surface area contributed by atoms with Crippen LogP contribution in [0.1, 0.15) is 10.4 Å². The molecule has 0 bridgehead atoms. The zero-order chi connectivity index (χ0) is 11.3. The van der Waals surface area contributed by atoms with E-state index in [1.54, 1.807) is 13.1 Å². The molecule has 6 heteroatoms. The van der Waals surface area contributed by atoms with Crippen LogP contribution in [0.15, 0.2) is 12.7 Å². The van der Waals surface area contributed by atoms with Crippen LogP contribution in [0.2, 0.25) is 5.15 Å². The van der Waals surface area contributed by atoms with Crippen LogP contribution in [0.4, 0.5) is 11.8 Å². The first-order chi connectivity index (χ1) is 7.22. The van der Waals surface area contributed by atoms with Gasteiger partial charge in [0.05, 0.1) is 5.56 Å². The average Bonchev–Trinajstić information content (AvgIpc) is 2.25. The summed E-state index contributed by atoms with van der Waals surface area (Å²) in [7, 11) is 1.67. The Morgan fingerprint density at radius 2 is 2.27 bits per heavy atom. The quantitative estimate of drug-likeness (QED) is 0.453. The number of anilines is 2. The molecule has 0 amide bonds. The Hall–Kier alpha value is -1.62. The molecule has 2 N–H and O–H groups in total. The molecule has 0 fully saturated rings. The smallest absolute Gasteiger partial charge is 0.225 e. The number of carbonyl (C=O) groups is 1. The van der Waals surface area contributed by atoms with Crippen molar-refractivity contribution >= 4 is 29.7 Å². The number of nitrogens with one attached hydrogen (secondary N) is 2. The molecule has 1 aromatic heterocycles. The van der Waals surface area contributed by atoms with Crippen molar-refractivity contribution in [1.29, 1.82) is 0 Å². The second kappa shape index (κ2) is 5.31. The van der Waals surface area contributed by atoms with Crippen LogP contribution in [-0.4, -0.2) is 29.8 Å². The topological polar surface area (TPSA) is 66.9 Å². The lowest BCUT2D eigenvalue weighted by molar-refractivity contribution is 0.112. The predicted molar refractivity (Wildman–Crippen MR) is 60.7 cm³/mol. The highest BCUT2D eigenvalue weighted by atomic mass is 35.5. The number of nitrogens with zero attached hydrogens (tertiary/aromatic N) is 2. The van der Waals surface area contributed by atoms with Gasteiger partial charge in [-0.2, -0.15) is 4.98 Å². The molecule has 1 aromatic rings. The molecule has 0 spiro atoms. The molecule has 0 aromatic carbocycles. The van der Waals surface area contributed by atoms with Crippen LogP contribution < -0.4 is 10.6 Å². The van der Waals surface area contributed by atoms with Crippen LogP contribution in [0.5, 0.6) is 0 Å². The standard InChI is InChI=1S/C9H11ClN4O/c1-3-4-12-8-6(5-15)7(10)13-9(11-2)14-8/h3,5H,1,4H2,2H3,(H2,11,12,13,14). The summed E-state index contributed by atoms with van der Waals surface area (Å²) in [6, 6.07) is 0. The predicted octanol–water partition coefficient (Wildman–Crippen LogP) is 1.58. The van der Waals surface area contributed by atoms with E-state index in [9.17, 15) is 4.79 Å². The highest BCUT2D eigenvalue weighted by Gasteiger charge is 2.10. The monoisotopic (exact) mass is 226 g/mol. The van der Waals surface area contributed by atoms with Gasteiger partial charge in [0.2, 0.25) is 5.95 Å². The van der Waals surface area contributed by atoms with Crippen LogP contribution in [0, 0.1) is 0 Å². The lowest BCUT2D eigenvalue weighted by Crippen LogP contribution is -2.08. The van der Waals surface area contributed by atoms with Crippen molar-refractivity contribution < 1.29 is 4.79 Å². The summed E-state index contributed by atoms with van der Waals surface area (Å²) in [4.78, 5) is 18.7. The molecule has 5 nitrogen and oxygen atoms in total. The number of hydrogen-bond donors (Lipinski definition) is 2. The molecule has 80 valence electrons. The van der Waals surface area contributed by atoms with Gasteiger partial charge >= 0.3 is 0 Å². The summed E-state index contributed by atoms with van der Waals surface area (Å²) >= 11 is 5.80. The first kappa shape index (κ1) is 11.5. The molecule has 0 aliphatic carbocycles. The number of aldehydes is 1. The minimum absolute atomic E-state index is 0.121. The van der Waals surface area contributed by atoms with Crippen LogP contribution in [0.3, 0.4) is 0 Å². The van der Waals surface area contributed by atoms with Crippen LogP contribution >= 0.6 is 11.6 Å². The maximum absolute atomic E-state index is 10.8. The fraction of sp³-hybridized carbons (Fsp3) is 0.222. The van der Waals surface area contributed by atoms with Crippen molar-refractivity contribution in [1.82, 2.24) is 9.97 Å².